The first-order valence-corrected chi connectivity index (χ1v) is 7.05. The molecule has 104 valence electrons. The number of esters is 1. The lowest BCUT2D eigenvalue weighted by Gasteiger charge is -2.28. The first kappa shape index (κ1) is 12.3. The Labute approximate surface area is 122 Å². The molecule has 0 unspecified atom stereocenters. The number of methoxy groups -OCH3 is 1. The van der Waals surface area contributed by atoms with Crippen LogP contribution in [0.4, 0.5) is 0 Å². The monoisotopic (exact) mass is 278 g/mol. The van der Waals surface area contributed by atoms with Gasteiger partial charge in [0.2, 0.25) is 0 Å². The van der Waals surface area contributed by atoms with E-state index in [4.69, 9.17) is 4.74 Å². The molecule has 0 saturated carbocycles. The second-order valence-electron chi connectivity index (χ2n) is 5.59. The van der Waals surface area contributed by atoms with Crippen molar-refractivity contribution in [2.75, 3.05) is 7.11 Å². The predicted molar refractivity (Wildman–Crippen MR) is 78.2 cm³/mol. The third kappa shape index (κ3) is 1.54. The van der Waals surface area contributed by atoms with Crippen LogP contribution >= 0.6 is 0 Å². The van der Waals surface area contributed by atoms with E-state index in [0.29, 0.717) is 0 Å². The van der Waals surface area contributed by atoms with Crippen molar-refractivity contribution in [3.05, 3.63) is 59.2 Å². The zero-order chi connectivity index (χ0) is 14.6. The minimum Gasteiger partial charge on any atom is -0.469 e. The molecule has 0 N–H and O–H groups in total. The number of hydrogen-bond donors (Lipinski definition) is 0. The van der Waals surface area contributed by atoms with Crippen molar-refractivity contribution >= 4 is 11.8 Å². The Hall–Kier alpha value is -2.42. The van der Waals surface area contributed by atoms with Gasteiger partial charge in [-0.3, -0.25) is 9.59 Å². The Morgan fingerprint density at radius 3 is 2.57 bits per heavy atom. The summed E-state index contributed by atoms with van der Waals surface area (Å²) in [7, 11) is 1.38. The summed E-state index contributed by atoms with van der Waals surface area (Å²) < 4.78 is 4.93. The largest absolute Gasteiger partial charge is 0.469 e. The van der Waals surface area contributed by atoms with Gasteiger partial charge < -0.3 is 4.74 Å². The van der Waals surface area contributed by atoms with Crippen molar-refractivity contribution in [3.8, 4) is 11.1 Å². The zero-order valence-electron chi connectivity index (χ0n) is 11.6. The van der Waals surface area contributed by atoms with Gasteiger partial charge in [-0.25, -0.2) is 0 Å². The molecule has 2 aliphatic carbocycles. The van der Waals surface area contributed by atoms with E-state index in [1.54, 1.807) is 0 Å². The molecule has 0 aliphatic heterocycles. The number of ether oxygens (including phenoxy) is 1. The van der Waals surface area contributed by atoms with Gasteiger partial charge in [-0.1, -0.05) is 42.5 Å². The maximum absolute atomic E-state index is 12.4. The lowest BCUT2D eigenvalue weighted by atomic mass is 9.74. The molecule has 0 spiro atoms. The van der Waals surface area contributed by atoms with E-state index >= 15 is 0 Å². The number of Topliss-reactive ketones (excluding diaryl/α,β-unsaturated/α-hetero) is 1. The van der Waals surface area contributed by atoms with Gasteiger partial charge in [-0.05, 0) is 22.3 Å². The first-order chi connectivity index (χ1) is 10.2. The summed E-state index contributed by atoms with van der Waals surface area (Å²) in [4.78, 5) is 24.5. The summed E-state index contributed by atoms with van der Waals surface area (Å²) in [6.45, 7) is 0. The second-order valence-corrected chi connectivity index (χ2v) is 5.59. The number of carbonyl (C=O) groups excluding carboxylic acids is 2. The maximum Gasteiger partial charge on any atom is 0.310 e. The molecule has 0 aromatic heterocycles. The normalized spacial score (nSPS) is 21.7. The third-order valence-corrected chi connectivity index (χ3v) is 4.62. The number of carbonyl (C=O) groups is 2. The molecule has 0 heterocycles. The van der Waals surface area contributed by atoms with Crippen LogP contribution < -0.4 is 0 Å². The Morgan fingerprint density at radius 2 is 1.76 bits per heavy atom. The molecule has 0 radical (unpaired) electrons. The quantitative estimate of drug-likeness (QED) is 0.752. The molecule has 3 nitrogen and oxygen atoms in total. The third-order valence-electron chi connectivity index (χ3n) is 4.62. The van der Waals surface area contributed by atoms with Crippen LogP contribution in [-0.4, -0.2) is 18.9 Å². The summed E-state index contributed by atoms with van der Waals surface area (Å²) in [5, 5.41) is 0. The van der Waals surface area contributed by atoms with Crippen LogP contribution in [0.15, 0.2) is 42.5 Å². The summed E-state index contributed by atoms with van der Waals surface area (Å²) in [5.74, 6) is -0.742. The maximum atomic E-state index is 12.4. The van der Waals surface area contributed by atoms with Crippen molar-refractivity contribution in [1.29, 1.82) is 0 Å². The van der Waals surface area contributed by atoms with Gasteiger partial charge in [-0.15, -0.1) is 0 Å². The molecule has 4 rings (SSSR count). The van der Waals surface area contributed by atoms with Crippen molar-refractivity contribution in [1.82, 2.24) is 0 Å². The molecule has 0 fully saturated rings. The van der Waals surface area contributed by atoms with E-state index in [1.807, 2.05) is 30.3 Å². The van der Waals surface area contributed by atoms with Gasteiger partial charge in [0.15, 0.2) is 5.78 Å². The van der Waals surface area contributed by atoms with E-state index in [1.165, 1.54) is 7.11 Å². The Kier molecular flexibility index (Phi) is 2.52. The average Bonchev–Trinajstić information content (AvgIpc) is 2.86. The van der Waals surface area contributed by atoms with Gasteiger partial charge in [0.25, 0.3) is 0 Å². The summed E-state index contributed by atoms with van der Waals surface area (Å²) >= 11 is 0. The topological polar surface area (TPSA) is 43.4 Å². The molecular weight excluding hydrogens is 264 g/mol. The highest BCUT2D eigenvalue weighted by Crippen LogP contribution is 2.53. The van der Waals surface area contributed by atoms with E-state index in [2.05, 4.69) is 12.1 Å². The van der Waals surface area contributed by atoms with Crippen LogP contribution in [0.25, 0.3) is 11.1 Å². The van der Waals surface area contributed by atoms with Crippen molar-refractivity contribution in [2.24, 2.45) is 5.92 Å². The fourth-order valence-electron chi connectivity index (χ4n) is 3.76. The first-order valence-electron chi connectivity index (χ1n) is 7.05. The summed E-state index contributed by atoms with van der Waals surface area (Å²) in [6, 6.07) is 13.9. The van der Waals surface area contributed by atoms with E-state index in [-0.39, 0.29) is 24.1 Å². The highest BCUT2D eigenvalue weighted by molar-refractivity contribution is 6.05. The van der Waals surface area contributed by atoms with Crippen molar-refractivity contribution in [2.45, 2.75) is 12.3 Å². The zero-order valence-corrected chi connectivity index (χ0v) is 11.6. The average molecular weight is 278 g/mol. The van der Waals surface area contributed by atoms with Gasteiger partial charge in [0, 0.05) is 17.9 Å². The van der Waals surface area contributed by atoms with E-state index in [9.17, 15) is 9.59 Å². The molecule has 2 aliphatic rings. The molecule has 2 atom stereocenters. The molecule has 0 saturated heterocycles. The van der Waals surface area contributed by atoms with Gasteiger partial charge in [0.05, 0.1) is 13.0 Å². The number of ketones is 1. The van der Waals surface area contributed by atoms with Gasteiger partial charge in [-0.2, -0.15) is 0 Å². The van der Waals surface area contributed by atoms with Gasteiger partial charge in [0.1, 0.15) is 0 Å². The Morgan fingerprint density at radius 1 is 1.05 bits per heavy atom. The lowest BCUT2D eigenvalue weighted by molar-refractivity contribution is -0.145. The van der Waals surface area contributed by atoms with E-state index in [0.717, 1.165) is 27.8 Å². The van der Waals surface area contributed by atoms with Crippen molar-refractivity contribution in [3.63, 3.8) is 0 Å². The smallest absolute Gasteiger partial charge is 0.310 e. The van der Waals surface area contributed by atoms with Crippen LogP contribution in [0.3, 0.4) is 0 Å². The minimum absolute atomic E-state index is 0.0336. The molecule has 3 heteroatoms. The predicted octanol–water partition coefficient (Wildman–Crippen LogP) is 3.17. The highest BCUT2D eigenvalue weighted by Gasteiger charge is 2.45. The fourth-order valence-corrected chi connectivity index (χ4v) is 3.76. The molecule has 0 bridgehead atoms. The Balaban J connectivity index is 2.02. The van der Waals surface area contributed by atoms with E-state index < -0.39 is 5.92 Å². The highest BCUT2D eigenvalue weighted by atomic mass is 16.5. The Bertz CT molecular complexity index is 776. The number of benzene rings is 2. The molecule has 0 amide bonds. The SMILES string of the molecule is COC(=O)[C@H]1CC(=O)c2cccc3c2[C@@H]1c1ccccc1-3. The fraction of sp³-hybridized carbons (Fsp3) is 0.222. The number of hydrogen-bond acceptors (Lipinski definition) is 3. The second kappa shape index (κ2) is 4.29. The van der Waals surface area contributed by atoms with Crippen LogP contribution in [0.5, 0.6) is 0 Å². The number of fused-ring (bicyclic) bond motifs is 3. The van der Waals surface area contributed by atoms with Crippen LogP contribution in [0, 0.1) is 5.92 Å². The molecule has 21 heavy (non-hydrogen) atoms. The summed E-state index contributed by atoms with van der Waals surface area (Å²) in [6.07, 6.45) is 0.224. The van der Waals surface area contributed by atoms with Crippen LogP contribution in [-0.2, 0) is 9.53 Å². The molecular formula is C18H14O3. The summed E-state index contributed by atoms with van der Waals surface area (Å²) in [5.41, 5.74) is 5.10. The molecule has 2 aromatic rings. The standard InChI is InChI=1S/C18H14O3/c1-21-18(20)14-9-15(19)13-8-4-7-12-10-5-2-3-6-11(10)17(14)16(12)13/h2-8,14,17H,9H2,1H3/t14-,17+/m0/s1. The lowest BCUT2D eigenvalue weighted by Crippen LogP contribution is -2.31. The van der Waals surface area contributed by atoms with Crippen LogP contribution in [0.2, 0.25) is 0 Å². The minimum atomic E-state index is -0.417. The van der Waals surface area contributed by atoms with Gasteiger partial charge >= 0.3 is 5.97 Å². The number of rotatable bonds is 1. The van der Waals surface area contributed by atoms with Crippen molar-refractivity contribution < 1.29 is 14.3 Å². The molecule has 2 aromatic carbocycles. The van der Waals surface area contributed by atoms with Crippen LogP contribution in [0.1, 0.15) is 33.8 Å².